The minimum Gasteiger partial charge on any atom is -0.465 e. The Kier molecular flexibility index (Phi) is 5.96. The van der Waals surface area contributed by atoms with Crippen LogP contribution in [0.5, 0.6) is 0 Å². The zero-order chi connectivity index (χ0) is 24.0. The number of carbonyl (C=O) groups excluding carboxylic acids is 2. The van der Waals surface area contributed by atoms with Crippen molar-refractivity contribution >= 4 is 39.4 Å². The molecule has 170 valence electrons. The highest BCUT2D eigenvalue weighted by Crippen LogP contribution is 2.57. The van der Waals surface area contributed by atoms with E-state index in [1.807, 2.05) is 86.4 Å². The summed E-state index contributed by atoms with van der Waals surface area (Å²) in [4.78, 5) is 29.6. The van der Waals surface area contributed by atoms with Gasteiger partial charge in [0.15, 0.2) is 11.2 Å². The van der Waals surface area contributed by atoms with E-state index in [4.69, 9.17) is 4.74 Å². The predicted molar refractivity (Wildman–Crippen MR) is 132 cm³/mol. The van der Waals surface area contributed by atoms with Crippen molar-refractivity contribution in [1.29, 1.82) is 5.26 Å². The first-order valence-electron chi connectivity index (χ1n) is 11.1. The zero-order valence-corrected chi connectivity index (χ0v) is 20.8. The summed E-state index contributed by atoms with van der Waals surface area (Å²) in [6.07, 6.45) is 3.81. The molecular weight excluding hydrogens is 480 g/mol. The van der Waals surface area contributed by atoms with E-state index in [1.165, 1.54) is 0 Å². The first-order chi connectivity index (χ1) is 15.7. The number of rotatable bonds is 4. The van der Waals surface area contributed by atoms with Crippen LogP contribution >= 0.6 is 15.9 Å². The number of anilines is 1. The van der Waals surface area contributed by atoms with Gasteiger partial charge in [-0.25, -0.2) is 0 Å². The molecule has 0 aromatic heterocycles. The zero-order valence-electron chi connectivity index (χ0n) is 19.2. The summed E-state index contributed by atoms with van der Waals surface area (Å²) < 4.78 is 6.38. The molecule has 33 heavy (non-hydrogen) atoms. The van der Waals surface area contributed by atoms with Gasteiger partial charge in [-0.1, -0.05) is 79.2 Å². The van der Waals surface area contributed by atoms with Gasteiger partial charge in [0.1, 0.15) is 0 Å². The van der Waals surface area contributed by atoms with Crippen LogP contribution in [-0.2, 0) is 14.3 Å². The second-order valence-corrected chi connectivity index (χ2v) is 10.5. The van der Waals surface area contributed by atoms with E-state index in [1.54, 1.807) is 6.92 Å². The normalized spacial score (nSPS) is 25.7. The number of ether oxygens (including phenoxy) is 1. The van der Waals surface area contributed by atoms with Crippen LogP contribution in [0.4, 0.5) is 5.69 Å². The van der Waals surface area contributed by atoms with E-state index in [-0.39, 0.29) is 12.4 Å². The second kappa shape index (κ2) is 8.46. The number of Topliss-reactive ketones (excluding diaryl/α,β-unsaturated/α-hetero) is 1. The van der Waals surface area contributed by atoms with Gasteiger partial charge < -0.3 is 9.64 Å². The van der Waals surface area contributed by atoms with E-state index < -0.39 is 34.8 Å². The number of carbonyl (C=O) groups is 2. The van der Waals surface area contributed by atoms with Gasteiger partial charge in [-0.3, -0.25) is 9.59 Å². The van der Waals surface area contributed by atoms with Gasteiger partial charge in [-0.15, -0.1) is 0 Å². The largest absolute Gasteiger partial charge is 0.465 e. The molecule has 5 nitrogen and oxygen atoms in total. The monoisotopic (exact) mass is 506 g/mol. The lowest BCUT2D eigenvalue weighted by molar-refractivity contribution is -0.152. The molecule has 2 aromatic carbocycles. The first kappa shape index (κ1) is 23.3. The Balaban J connectivity index is 2.05. The molecule has 0 N–H and O–H groups in total. The summed E-state index contributed by atoms with van der Waals surface area (Å²) in [5.74, 6) is -1.32. The Labute approximate surface area is 203 Å². The average molecular weight is 507 g/mol. The number of benzene rings is 2. The minimum atomic E-state index is -1.58. The number of hydrogen-bond donors (Lipinski definition) is 0. The molecule has 0 spiro atoms. The third-order valence-corrected chi connectivity index (χ3v) is 7.11. The van der Waals surface area contributed by atoms with Crippen molar-refractivity contribution in [2.24, 2.45) is 10.8 Å². The van der Waals surface area contributed by atoms with E-state index in [0.29, 0.717) is 0 Å². The third kappa shape index (κ3) is 3.59. The molecule has 0 bridgehead atoms. The molecule has 0 radical (unpaired) electrons. The number of fused-ring (bicyclic) bond motifs is 3. The molecule has 4 atom stereocenters. The molecule has 2 aromatic rings. The Morgan fingerprint density at radius 3 is 2.42 bits per heavy atom. The summed E-state index contributed by atoms with van der Waals surface area (Å²) in [5.41, 5.74) is 0.290. The highest BCUT2D eigenvalue weighted by Gasteiger charge is 2.67. The smallest absolute Gasteiger partial charge is 0.329 e. The molecule has 1 saturated heterocycles. The van der Waals surface area contributed by atoms with Crippen molar-refractivity contribution < 1.29 is 14.3 Å². The lowest BCUT2D eigenvalue weighted by Gasteiger charge is -2.37. The van der Waals surface area contributed by atoms with Crippen molar-refractivity contribution in [3.8, 4) is 6.07 Å². The number of esters is 1. The molecule has 2 aliphatic heterocycles. The fourth-order valence-corrected chi connectivity index (χ4v) is 5.37. The summed E-state index contributed by atoms with van der Waals surface area (Å²) in [6.45, 7) is 7.52. The van der Waals surface area contributed by atoms with Gasteiger partial charge in [-0.05, 0) is 36.2 Å². The molecular formula is C27H27BrN2O3. The molecule has 4 rings (SSSR count). The van der Waals surface area contributed by atoms with E-state index in [2.05, 4.69) is 22.0 Å². The second-order valence-electron chi connectivity index (χ2n) is 9.56. The summed E-state index contributed by atoms with van der Waals surface area (Å²) in [7, 11) is 0. The van der Waals surface area contributed by atoms with E-state index >= 15 is 0 Å². The highest BCUT2D eigenvalue weighted by atomic mass is 79.9. The van der Waals surface area contributed by atoms with Crippen LogP contribution in [0.25, 0.3) is 6.08 Å². The van der Waals surface area contributed by atoms with Crippen LogP contribution in [0, 0.1) is 22.2 Å². The Bertz CT molecular complexity index is 1160. The molecule has 2 heterocycles. The molecule has 6 heteroatoms. The highest BCUT2D eigenvalue weighted by molar-refractivity contribution is 9.10. The van der Waals surface area contributed by atoms with Gasteiger partial charge in [0.25, 0.3) is 0 Å². The summed E-state index contributed by atoms with van der Waals surface area (Å²) in [6, 6.07) is 16.3. The van der Waals surface area contributed by atoms with Gasteiger partial charge in [0, 0.05) is 21.5 Å². The molecule has 0 unspecified atom stereocenters. The summed E-state index contributed by atoms with van der Waals surface area (Å²) >= 11 is 3.47. The maximum Gasteiger partial charge on any atom is 0.329 e. The van der Waals surface area contributed by atoms with Gasteiger partial charge in [0.2, 0.25) is 0 Å². The Morgan fingerprint density at radius 2 is 1.82 bits per heavy atom. The van der Waals surface area contributed by atoms with Crippen LogP contribution < -0.4 is 4.90 Å². The van der Waals surface area contributed by atoms with Crippen LogP contribution in [0.1, 0.15) is 44.7 Å². The molecule has 0 aliphatic carbocycles. The first-order valence-corrected chi connectivity index (χ1v) is 11.9. The molecule has 0 amide bonds. The third-order valence-electron chi connectivity index (χ3n) is 6.58. The minimum absolute atomic E-state index is 0.0213. The van der Waals surface area contributed by atoms with Crippen molar-refractivity contribution in [1.82, 2.24) is 0 Å². The predicted octanol–water partition coefficient (Wildman–Crippen LogP) is 5.51. The van der Waals surface area contributed by atoms with Crippen LogP contribution in [0.3, 0.4) is 0 Å². The topological polar surface area (TPSA) is 70.4 Å². The van der Waals surface area contributed by atoms with E-state index in [0.717, 1.165) is 21.3 Å². The maximum atomic E-state index is 14.0. The van der Waals surface area contributed by atoms with Gasteiger partial charge >= 0.3 is 5.97 Å². The Hall–Kier alpha value is -2.91. The van der Waals surface area contributed by atoms with Crippen molar-refractivity contribution in [3.63, 3.8) is 0 Å². The van der Waals surface area contributed by atoms with Crippen LogP contribution in [0.2, 0.25) is 0 Å². The fourth-order valence-electron chi connectivity index (χ4n) is 5.10. The van der Waals surface area contributed by atoms with Gasteiger partial charge in [0.05, 0.1) is 24.8 Å². The molecule has 0 saturated carbocycles. The molecule has 1 fully saturated rings. The molecule has 2 aliphatic rings. The van der Waals surface area contributed by atoms with Crippen LogP contribution in [-0.4, -0.2) is 30.4 Å². The SMILES string of the molecule is CCOC(=O)[C@@]1(C#N)[C@@H]2C=Cc3ccccc3N2[C@H](C(=O)C(C)(C)C)[C@@H]1c1ccc(Br)cc1. The Morgan fingerprint density at radius 1 is 1.15 bits per heavy atom. The number of para-hydroxylation sites is 1. The quantitative estimate of drug-likeness (QED) is 0.511. The standard InChI is InChI=1S/C27H27BrN2O3/c1-5-33-25(32)27(16-29)21-15-12-17-8-6-7-9-20(17)30(21)23(24(31)26(2,3)4)22(27)18-10-13-19(28)14-11-18/h6-15,21-23H,5H2,1-4H3/t21-,22-,23-,27-/m0/s1. The van der Waals surface area contributed by atoms with Crippen LogP contribution in [0.15, 0.2) is 59.1 Å². The summed E-state index contributed by atoms with van der Waals surface area (Å²) in [5, 5.41) is 10.7. The lowest BCUT2D eigenvalue weighted by atomic mass is 9.67. The number of halogens is 1. The number of hydrogen-bond acceptors (Lipinski definition) is 5. The number of nitriles is 1. The van der Waals surface area contributed by atoms with Crippen molar-refractivity contribution in [2.75, 3.05) is 11.5 Å². The number of nitrogens with zero attached hydrogens (tertiary/aromatic N) is 2. The van der Waals surface area contributed by atoms with Gasteiger partial charge in [-0.2, -0.15) is 5.26 Å². The van der Waals surface area contributed by atoms with Crippen molar-refractivity contribution in [3.05, 3.63) is 70.2 Å². The number of ketones is 1. The lowest BCUT2D eigenvalue weighted by Crippen LogP contribution is -2.48. The fraction of sp³-hybridized carbons (Fsp3) is 0.370. The van der Waals surface area contributed by atoms with Crippen molar-refractivity contribution in [2.45, 2.75) is 45.7 Å². The maximum absolute atomic E-state index is 14.0. The average Bonchev–Trinajstić information content (AvgIpc) is 3.10. The van der Waals surface area contributed by atoms with E-state index in [9.17, 15) is 14.9 Å².